The number of halogens is 1. The van der Waals surface area contributed by atoms with Crippen molar-refractivity contribution >= 4 is 25.6 Å². The van der Waals surface area contributed by atoms with Gasteiger partial charge in [0.1, 0.15) is 4.90 Å². The van der Waals surface area contributed by atoms with Crippen LogP contribution in [0.4, 0.5) is 0 Å². The van der Waals surface area contributed by atoms with Crippen molar-refractivity contribution in [1.29, 1.82) is 0 Å². The Bertz CT molecular complexity index is 627. The molecule has 2 rings (SSSR count). The molecule has 0 aromatic carbocycles. The predicted molar refractivity (Wildman–Crippen MR) is 79.9 cm³/mol. The average Bonchev–Trinajstić information content (AvgIpc) is 2.67. The van der Waals surface area contributed by atoms with Gasteiger partial charge in [0.15, 0.2) is 5.69 Å². The lowest BCUT2D eigenvalue weighted by atomic mass is 9.98. The fraction of sp³-hybridized carbons (Fsp3) is 0.692. The highest BCUT2D eigenvalue weighted by molar-refractivity contribution is 8.13. The highest BCUT2D eigenvalue weighted by atomic mass is 35.7. The third kappa shape index (κ3) is 3.58. The van der Waals surface area contributed by atoms with E-state index in [2.05, 4.69) is 17.1 Å². The topological polar surface area (TPSA) is 83.1 Å². The lowest BCUT2D eigenvalue weighted by Gasteiger charge is -2.19. The Morgan fingerprint density at radius 2 is 2.14 bits per heavy atom. The van der Waals surface area contributed by atoms with Gasteiger partial charge in [0.25, 0.3) is 15.0 Å². The Kier molecular flexibility index (Phi) is 4.93. The van der Waals surface area contributed by atoms with Gasteiger partial charge in [-0.3, -0.25) is 9.89 Å². The molecule has 1 aromatic rings. The van der Waals surface area contributed by atoms with Crippen molar-refractivity contribution in [3.8, 4) is 0 Å². The molecule has 1 aromatic heterocycles. The van der Waals surface area contributed by atoms with Gasteiger partial charge in [0.2, 0.25) is 0 Å². The van der Waals surface area contributed by atoms with Crippen molar-refractivity contribution in [3.63, 3.8) is 0 Å². The molecule has 1 unspecified atom stereocenters. The van der Waals surface area contributed by atoms with E-state index in [0.29, 0.717) is 19.0 Å². The molecule has 1 fully saturated rings. The second-order valence-corrected chi connectivity index (χ2v) is 7.96. The van der Waals surface area contributed by atoms with Gasteiger partial charge in [-0.15, -0.1) is 0 Å². The second kappa shape index (κ2) is 6.36. The van der Waals surface area contributed by atoms with Crippen molar-refractivity contribution in [1.82, 2.24) is 15.1 Å². The molecule has 6 nitrogen and oxygen atoms in total. The van der Waals surface area contributed by atoms with Gasteiger partial charge in [-0.25, -0.2) is 8.42 Å². The van der Waals surface area contributed by atoms with Crippen LogP contribution in [-0.4, -0.2) is 42.5 Å². The standard InChI is InChI=1S/C13H20ClN3O3S/c1-3-10-5-4-7-17(8-6-10)13(18)11-12(21(14,19)20)9(2)15-16-11/h10H,3-8H2,1-2H3,(H,15,16). The maximum absolute atomic E-state index is 12.5. The molecule has 118 valence electrons. The van der Waals surface area contributed by atoms with Crippen LogP contribution >= 0.6 is 10.7 Å². The minimum absolute atomic E-state index is 0.0996. The highest BCUT2D eigenvalue weighted by Crippen LogP contribution is 2.25. The quantitative estimate of drug-likeness (QED) is 0.860. The van der Waals surface area contributed by atoms with E-state index in [1.165, 1.54) is 6.92 Å². The summed E-state index contributed by atoms with van der Waals surface area (Å²) in [6, 6.07) is 0. The van der Waals surface area contributed by atoms with Crippen LogP contribution < -0.4 is 0 Å². The number of amides is 1. The molecule has 0 bridgehead atoms. The molecule has 0 saturated carbocycles. The van der Waals surface area contributed by atoms with E-state index in [9.17, 15) is 13.2 Å². The summed E-state index contributed by atoms with van der Waals surface area (Å²) >= 11 is 0. The summed E-state index contributed by atoms with van der Waals surface area (Å²) in [4.78, 5) is 14.0. The van der Waals surface area contributed by atoms with Crippen LogP contribution in [-0.2, 0) is 9.05 Å². The average molecular weight is 334 g/mol. The maximum Gasteiger partial charge on any atom is 0.275 e. The Morgan fingerprint density at radius 1 is 1.43 bits per heavy atom. The predicted octanol–water partition coefficient (Wildman–Crippen LogP) is 2.30. The third-order valence-corrected chi connectivity index (χ3v) is 5.50. The smallest absolute Gasteiger partial charge is 0.275 e. The van der Waals surface area contributed by atoms with E-state index < -0.39 is 9.05 Å². The number of carbonyl (C=O) groups excluding carboxylic acids is 1. The summed E-state index contributed by atoms with van der Waals surface area (Å²) in [5.74, 6) is 0.260. The number of aromatic nitrogens is 2. The molecule has 1 amide bonds. The Labute approximate surface area is 129 Å². The Balaban J connectivity index is 2.25. The van der Waals surface area contributed by atoms with Crippen molar-refractivity contribution in [3.05, 3.63) is 11.4 Å². The second-order valence-electron chi connectivity index (χ2n) is 5.46. The van der Waals surface area contributed by atoms with Crippen LogP contribution in [0.3, 0.4) is 0 Å². The van der Waals surface area contributed by atoms with Crippen LogP contribution in [0, 0.1) is 12.8 Å². The maximum atomic E-state index is 12.5. The molecule has 1 aliphatic heterocycles. The molecule has 1 atom stereocenters. The zero-order valence-corrected chi connectivity index (χ0v) is 13.8. The first-order chi connectivity index (χ1) is 9.84. The highest BCUT2D eigenvalue weighted by Gasteiger charge is 2.30. The molecule has 8 heteroatoms. The molecular formula is C13H20ClN3O3S. The molecule has 21 heavy (non-hydrogen) atoms. The number of nitrogens with one attached hydrogen (secondary N) is 1. The largest absolute Gasteiger partial charge is 0.337 e. The first-order valence-electron chi connectivity index (χ1n) is 7.13. The van der Waals surface area contributed by atoms with E-state index in [4.69, 9.17) is 10.7 Å². The molecule has 1 N–H and O–H groups in total. The molecule has 0 aliphatic carbocycles. The zero-order valence-electron chi connectivity index (χ0n) is 12.2. The van der Waals surface area contributed by atoms with Crippen LogP contribution in [0.1, 0.15) is 48.8 Å². The lowest BCUT2D eigenvalue weighted by molar-refractivity contribution is 0.0750. The number of hydrogen-bond donors (Lipinski definition) is 1. The van der Waals surface area contributed by atoms with Gasteiger partial charge in [-0.05, 0) is 32.1 Å². The summed E-state index contributed by atoms with van der Waals surface area (Å²) in [6.45, 7) is 4.94. The van der Waals surface area contributed by atoms with Gasteiger partial charge in [0, 0.05) is 23.8 Å². The number of nitrogens with zero attached hydrogens (tertiary/aromatic N) is 2. The van der Waals surface area contributed by atoms with Gasteiger partial charge in [-0.1, -0.05) is 13.3 Å². The number of likely N-dealkylation sites (tertiary alicyclic amines) is 1. The molecule has 1 aliphatic rings. The van der Waals surface area contributed by atoms with Crippen molar-refractivity contribution < 1.29 is 13.2 Å². The van der Waals surface area contributed by atoms with E-state index in [0.717, 1.165) is 25.7 Å². The zero-order chi connectivity index (χ0) is 15.6. The van der Waals surface area contributed by atoms with Crippen LogP contribution in [0.5, 0.6) is 0 Å². The molecule has 1 saturated heterocycles. The third-order valence-electron chi connectivity index (χ3n) is 4.05. The van der Waals surface area contributed by atoms with Crippen molar-refractivity contribution in [2.75, 3.05) is 13.1 Å². The first kappa shape index (κ1) is 16.3. The summed E-state index contributed by atoms with van der Waals surface area (Å²) in [7, 11) is 1.41. The number of H-pyrrole nitrogens is 1. The molecule has 2 heterocycles. The fourth-order valence-corrected chi connectivity index (χ4v) is 4.13. The van der Waals surface area contributed by atoms with Gasteiger partial charge >= 0.3 is 0 Å². The summed E-state index contributed by atoms with van der Waals surface area (Å²) < 4.78 is 23.2. The summed E-state index contributed by atoms with van der Waals surface area (Å²) in [5, 5.41) is 6.39. The number of aryl methyl sites for hydroxylation is 1. The molecule has 0 spiro atoms. The summed E-state index contributed by atoms with van der Waals surface area (Å²) in [5.41, 5.74) is 0.187. The molecule has 0 radical (unpaired) electrons. The fourth-order valence-electron chi connectivity index (χ4n) is 2.79. The van der Waals surface area contributed by atoms with Gasteiger partial charge in [-0.2, -0.15) is 5.10 Å². The van der Waals surface area contributed by atoms with Crippen LogP contribution in [0.2, 0.25) is 0 Å². The molecular weight excluding hydrogens is 314 g/mol. The summed E-state index contributed by atoms with van der Waals surface area (Å²) in [6.07, 6.45) is 4.07. The number of carbonyl (C=O) groups is 1. The van der Waals surface area contributed by atoms with Crippen LogP contribution in [0.25, 0.3) is 0 Å². The SMILES string of the molecule is CCC1CCCN(C(=O)c2n[nH]c(C)c2S(=O)(=O)Cl)CC1. The minimum atomic E-state index is -4.00. The Morgan fingerprint density at radius 3 is 2.76 bits per heavy atom. The minimum Gasteiger partial charge on any atom is -0.337 e. The normalized spacial score (nSPS) is 20.3. The number of aromatic amines is 1. The van der Waals surface area contributed by atoms with E-state index in [1.807, 2.05) is 0 Å². The van der Waals surface area contributed by atoms with Crippen molar-refractivity contribution in [2.24, 2.45) is 5.92 Å². The number of hydrogen-bond acceptors (Lipinski definition) is 4. The monoisotopic (exact) mass is 333 g/mol. The van der Waals surface area contributed by atoms with Crippen LogP contribution in [0.15, 0.2) is 4.90 Å². The first-order valence-corrected chi connectivity index (χ1v) is 9.44. The van der Waals surface area contributed by atoms with E-state index in [-0.39, 0.29) is 22.2 Å². The Hall–Kier alpha value is -1.08. The lowest BCUT2D eigenvalue weighted by Crippen LogP contribution is -2.33. The number of rotatable bonds is 3. The van der Waals surface area contributed by atoms with E-state index >= 15 is 0 Å². The van der Waals surface area contributed by atoms with Gasteiger partial charge in [0.05, 0.1) is 5.69 Å². The van der Waals surface area contributed by atoms with Gasteiger partial charge < -0.3 is 4.90 Å². The van der Waals surface area contributed by atoms with E-state index in [1.54, 1.807) is 4.90 Å². The van der Waals surface area contributed by atoms with Crippen molar-refractivity contribution in [2.45, 2.75) is 44.4 Å².